The maximum absolute atomic E-state index is 14.4. The van der Waals surface area contributed by atoms with Gasteiger partial charge in [-0.25, -0.2) is 14.8 Å². The third kappa shape index (κ3) is 42.8. The summed E-state index contributed by atoms with van der Waals surface area (Å²) in [6.07, 6.45) is -0.632. The number of thiol groups is 1. The van der Waals surface area contributed by atoms with Gasteiger partial charge >= 0.3 is 11.9 Å². The molecule has 2 aromatic rings. The van der Waals surface area contributed by atoms with E-state index in [1.54, 1.807) is 41.5 Å². The zero-order valence-corrected chi connectivity index (χ0v) is 71.0. The maximum Gasteiger partial charge on any atom is 0.326 e. The van der Waals surface area contributed by atoms with E-state index < -0.39 is 285 Å². The summed E-state index contributed by atoms with van der Waals surface area (Å²) in [5.74, 6) is -25.3. The van der Waals surface area contributed by atoms with Gasteiger partial charge in [-0.2, -0.15) is 12.6 Å². The number of rotatable bonds is 60. The first-order valence-electron chi connectivity index (χ1n) is 39.5. The summed E-state index contributed by atoms with van der Waals surface area (Å²) in [6, 6.07) is -22.5. The molecule has 125 heavy (non-hydrogen) atoms. The number of primary amides is 3. The summed E-state index contributed by atoms with van der Waals surface area (Å²) in [5, 5.41) is 84.9. The number of aliphatic carboxylic acids is 2. The molecule has 14 atom stereocenters. The van der Waals surface area contributed by atoms with Gasteiger partial charge in [0.05, 0.1) is 62.6 Å². The van der Waals surface area contributed by atoms with E-state index in [1.165, 1.54) is 32.0 Å². The van der Waals surface area contributed by atoms with Crippen LogP contribution in [0.25, 0.3) is 0 Å². The highest BCUT2D eigenvalue weighted by Crippen LogP contribution is 2.14. The predicted octanol–water partition coefficient (Wildman–Crippen LogP) is -12.0. The Labute approximate surface area is 722 Å². The van der Waals surface area contributed by atoms with Gasteiger partial charge in [0.15, 0.2) is 11.9 Å². The van der Waals surface area contributed by atoms with Crippen molar-refractivity contribution in [1.29, 1.82) is 10.8 Å². The normalized spacial score (nSPS) is 14.4. The highest BCUT2D eigenvalue weighted by Gasteiger charge is 2.38. The van der Waals surface area contributed by atoms with Gasteiger partial charge in [0.25, 0.3) is 0 Å². The van der Waals surface area contributed by atoms with Crippen LogP contribution in [0.5, 0.6) is 0 Å². The van der Waals surface area contributed by atoms with Crippen LogP contribution < -0.4 is 125 Å². The van der Waals surface area contributed by atoms with Crippen LogP contribution >= 0.6 is 12.6 Å². The molecule has 0 radical (unpaired) electrons. The molecule has 0 unspecified atom stereocenters. The lowest BCUT2D eigenvalue weighted by atomic mass is 10.00. The number of nitrogens with two attached hydrogens (primary N) is 6. The lowest BCUT2D eigenvalue weighted by Crippen LogP contribution is -2.61. The number of aromatic nitrogens is 4. The van der Waals surface area contributed by atoms with E-state index in [4.69, 9.17) is 45.2 Å². The third-order valence-corrected chi connectivity index (χ3v) is 18.4. The number of guanidine groups is 2. The fourth-order valence-electron chi connectivity index (χ4n) is 11.4. The molecule has 36 N–H and O–H groups in total. The van der Waals surface area contributed by atoms with Crippen molar-refractivity contribution in [2.24, 2.45) is 52.2 Å². The molecular weight excluding hydrogens is 1670 g/mol. The van der Waals surface area contributed by atoms with Gasteiger partial charge in [-0.1, -0.05) is 41.5 Å². The van der Waals surface area contributed by atoms with E-state index in [-0.39, 0.29) is 87.7 Å². The monoisotopic (exact) mass is 1790 g/mol. The highest BCUT2D eigenvalue weighted by atomic mass is 32.1. The number of carboxylic acid groups (broad SMARTS) is 2. The second-order valence-electron chi connectivity index (χ2n) is 30.0. The van der Waals surface area contributed by atoms with Crippen LogP contribution in [-0.2, 0) is 109 Å². The number of hydrogen-bond acceptors (Lipinski definition) is 27. The number of H-pyrrole nitrogens is 2. The number of aliphatic hydroxyl groups excluding tert-OH is 1. The molecule has 52 nitrogen and oxygen atoms in total. The highest BCUT2D eigenvalue weighted by molar-refractivity contribution is 7.80. The molecule has 0 aliphatic rings. The molecule has 696 valence electrons. The number of imidazole rings is 2. The number of aliphatic hydroxyl groups is 1. The number of carboxylic acids is 2. The molecule has 0 saturated carbocycles. The molecule has 0 spiro atoms. The van der Waals surface area contributed by atoms with Crippen LogP contribution in [0, 0.1) is 28.6 Å². The van der Waals surface area contributed by atoms with Gasteiger partial charge in [0.1, 0.15) is 78.5 Å². The Hall–Kier alpha value is -13.4. The van der Waals surface area contributed by atoms with Crippen molar-refractivity contribution >= 4 is 143 Å². The molecule has 0 fully saturated rings. The van der Waals surface area contributed by atoms with Gasteiger partial charge in [-0.05, 0) is 76.0 Å². The minimum Gasteiger partial charge on any atom is -0.481 e. The summed E-state index contributed by atoms with van der Waals surface area (Å²) in [5.41, 5.74) is 33.5. The number of aromatic amines is 2. The number of carbonyl (C=O) groups excluding carboxylic acids is 18. The molecule has 0 aromatic carbocycles. The number of carbonyl (C=O) groups is 20. The summed E-state index contributed by atoms with van der Waals surface area (Å²) in [4.78, 5) is 281. The summed E-state index contributed by atoms with van der Waals surface area (Å²) in [7, 11) is 0. The molecule has 18 amide bonds. The molecule has 2 heterocycles. The fourth-order valence-corrected chi connectivity index (χ4v) is 11.7. The fraction of sp³-hybridized carbons (Fsp3) is 0.611. The molecule has 53 heteroatoms. The SMILES string of the molecule is CC(C)C[C@H](NC(=O)[C@H](CC(=O)O)NC(=O)CNC(=O)[C@H](CCC(N)=O)NC(=O)[C@H](CC(N)=O)NC(=O)CNC(=O)[C@H](CCCNC(=N)N)NC(=O)[C@H](CCC(N)=O)NC(=O)[C@H](Cc1c[nH]cn1)NC(=O)[C@H](C)NC(=O)[C@@H](N)C(C)C)C(=O)N[C@@H](CCCNC(=N)N)C(=O)N[C@@H](CC(C)C)C(=O)N[C@@H](CS)C(=O)N[C@@H](CO)C(=O)N[C@@H](Cc1c[nH]cn1)C(=O)O. The smallest absolute Gasteiger partial charge is 0.326 e. The van der Waals surface area contributed by atoms with Gasteiger partial charge in [0.2, 0.25) is 106 Å². The molecule has 0 saturated heterocycles. The Morgan fingerprint density at radius 2 is 0.744 bits per heavy atom. The maximum atomic E-state index is 14.4. The number of nitrogens with one attached hydrogen (secondary N) is 21. The Morgan fingerprint density at radius 1 is 0.400 bits per heavy atom. The Balaban J connectivity index is 2.38. The van der Waals surface area contributed by atoms with Crippen LogP contribution in [0.3, 0.4) is 0 Å². The van der Waals surface area contributed by atoms with Crippen LogP contribution in [0.2, 0.25) is 0 Å². The van der Waals surface area contributed by atoms with Gasteiger partial charge < -0.3 is 150 Å². The first kappa shape index (κ1) is 108. The summed E-state index contributed by atoms with van der Waals surface area (Å²) < 4.78 is 0. The van der Waals surface area contributed by atoms with Crippen molar-refractivity contribution in [1.82, 2.24) is 110 Å². The first-order chi connectivity index (χ1) is 58.6. The van der Waals surface area contributed by atoms with Crippen LogP contribution in [-0.4, -0.2) is 289 Å². The van der Waals surface area contributed by atoms with Crippen LogP contribution in [0.4, 0.5) is 0 Å². The van der Waals surface area contributed by atoms with Crippen LogP contribution in [0.15, 0.2) is 25.0 Å². The van der Waals surface area contributed by atoms with Crippen molar-refractivity contribution in [3.63, 3.8) is 0 Å². The summed E-state index contributed by atoms with van der Waals surface area (Å²) >= 11 is 4.17. The van der Waals surface area contributed by atoms with Crippen molar-refractivity contribution < 1.29 is 111 Å². The average molecular weight is 1790 g/mol. The average Bonchev–Trinajstić information content (AvgIpc) is 1.20. The van der Waals surface area contributed by atoms with Crippen molar-refractivity contribution in [3.05, 3.63) is 36.4 Å². The third-order valence-electron chi connectivity index (χ3n) is 18.1. The van der Waals surface area contributed by atoms with Crippen LogP contribution in [0.1, 0.15) is 137 Å². The van der Waals surface area contributed by atoms with E-state index in [0.717, 1.165) is 0 Å². The van der Waals surface area contributed by atoms with Crippen molar-refractivity contribution in [2.45, 2.75) is 223 Å². The molecule has 0 bridgehead atoms. The second kappa shape index (κ2) is 55.6. The quantitative estimate of drug-likeness (QED) is 0.0127. The molecule has 2 aromatic heterocycles. The van der Waals surface area contributed by atoms with Gasteiger partial charge in [-0.15, -0.1) is 0 Å². The lowest BCUT2D eigenvalue weighted by molar-refractivity contribution is -0.142. The van der Waals surface area contributed by atoms with Crippen molar-refractivity contribution in [3.8, 4) is 0 Å². The molecule has 2 rings (SSSR count). The Bertz CT molecular complexity index is 4060. The first-order valence-corrected chi connectivity index (χ1v) is 40.1. The zero-order valence-electron chi connectivity index (χ0n) is 70.1. The van der Waals surface area contributed by atoms with E-state index in [2.05, 4.69) is 123 Å². The minimum absolute atomic E-state index is 0.000761. The van der Waals surface area contributed by atoms with Gasteiger partial charge in [0, 0.05) is 56.9 Å². The largest absolute Gasteiger partial charge is 0.481 e. The Morgan fingerprint density at radius 3 is 1.12 bits per heavy atom. The number of amides is 18. The number of hydrogen-bond donors (Lipinski definition) is 31. The topological polar surface area (TPSA) is 868 Å². The molecule has 0 aliphatic carbocycles. The van der Waals surface area contributed by atoms with E-state index in [0.29, 0.717) is 0 Å². The lowest BCUT2D eigenvalue weighted by Gasteiger charge is -2.28. The second-order valence-corrected chi connectivity index (χ2v) is 30.4. The standard InChI is InChI=1S/C72H119N29O23S/c1-32(2)18-42(62(115)93-39(11-9-17-84-72(79)80)60(113)97-43(19-33(3)4)63(116)101-49(29-125)68(121)100-48(28-102)67(120)99-47(70(123)124)21-37-25-82-31-88-37)98-66(119)46(23-55(108)109)91-54(107)27-86-59(112)40(12-14-50(73)103)94-65(118)45(22-52(75)105)90-53(106)26-85-58(111)38(10-8-16-83-71(77)78)92-61(114)41(13-15-51(74)104)95-64(117)44(20-36-24-81-30-87-36)96-57(110)35(7)89-69(122)56(76)34(5)6/h24-25,30-35,38-49,56,102,125H,8-23,26-29,76H2,1-7H3,(H2,73,103)(H2,74,104)(H2,75,105)(H,81,87)(H,82,88)(H,85,111)(H,86,112)(H,89,122)(H,90,106)(H,91,107)(H,92,114)(H,93,115)(H,94,118)(H,95,117)(H,96,110)(H,97,113)(H,98,119)(H,99,120)(H,100,121)(H,101,116)(H,108,109)(H,123,124)(H4,77,78,83)(H4,79,80,84)/t35-,38-,39-,40-,41-,42-,43-,44-,45-,46-,47-,48-,49-,56-/m0/s1. The van der Waals surface area contributed by atoms with E-state index in [1.807, 2.05) is 0 Å². The molecule has 0 aliphatic heterocycles. The minimum atomic E-state index is -2.04. The van der Waals surface area contributed by atoms with Crippen molar-refractivity contribution in [2.75, 3.05) is 38.5 Å². The van der Waals surface area contributed by atoms with E-state index in [9.17, 15) is 111 Å². The summed E-state index contributed by atoms with van der Waals surface area (Å²) in [6.45, 7) is 7.95. The van der Waals surface area contributed by atoms with Gasteiger partial charge in [-0.3, -0.25) is 102 Å². The zero-order chi connectivity index (χ0) is 94.5. The predicted molar refractivity (Wildman–Crippen MR) is 443 cm³/mol. The molecular formula is C72H119N29O23S. The number of nitrogens with zero attached hydrogens (tertiary/aromatic N) is 2. The van der Waals surface area contributed by atoms with E-state index >= 15 is 0 Å². The Kier molecular flexibility index (Phi) is 47.9.